The van der Waals surface area contributed by atoms with E-state index in [0.717, 1.165) is 16.7 Å². The summed E-state index contributed by atoms with van der Waals surface area (Å²) in [4.78, 5) is 12.4. The number of ether oxygens (including phenoxy) is 1. The Morgan fingerprint density at radius 1 is 1.05 bits per heavy atom. The molecule has 3 rings (SSSR count). The second-order valence-corrected chi connectivity index (χ2v) is 4.20. The number of fused-ring (bicyclic) bond motifs is 1. The molecule has 0 aliphatic rings. The Morgan fingerprint density at radius 3 is 2.53 bits per heavy atom. The summed E-state index contributed by atoms with van der Waals surface area (Å²) in [6, 6.07) is 14.6. The van der Waals surface area contributed by atoms with Gasteiger partial charge in [0.1, 0.15) is 17.6 Å². The van der Waals surface area contributed by atoms with Crippen LogP contribution in [0.25, 0.3) is 11.0 Å². The van der Waals surface area contributed by atoms with E-state index < -0.39 is 0 Å². The molecule has 1 aromatic heterocycles. The minimum Gasteiger partial charge on any atom is -0.497 e. The molecule has 2 aromatic carbocycles. The monoisotopic (exact) mass is 252 g/mol. The van der Waals surface area contributed by atoms with E-state index in [1.807, 2.05) is 24.3 Å². The fourth-order valence-electron chi connectivity index (χ4n) is 2.05. The third-order valence-corrected chi connectivity index (χ3v) is 3.08. The number of rotatable bonds is 3. The summed E-state index contributed by atoms with van der Waals surface area (Å²) in [6.07, 6.45) is 1.51. The summed E-state index contributed by atoms with van der Waals surface area (Å²) in [5.41, 5.74) is 1.92. The lowest BCUT2D eigenvalue weighted by Crippen LogP contribution is -2.00. The van der Waals surface area contributed by atoms with Crippen molar-refractivity contribution in [2.75, 3.05) is 7.11 Å². The average molecular weight is 252 g/mol. The maximum absolute atomic E-state index is 12.4. The largest absolute Gasteiger partial charge is 0.497 e. The molecule has 3 aromatic rings. The van der Waals surface area contributed by atoms with Crippen LogP contribution in [-0.4, -0.2) is 12.9 Å². The highest BCUT2D eigenvalue weighted by molar-refractivity contribution is 6.15. The molecule has 0 radical (unpaired) electrons. The van der Waals surface area contributed by atoms with Gasteiger partial charge in [-0.3, -0.25) is 4.79 Å². The summed E-state index contributed by atoms with van der Waals surface area (Å²) in [6.45, 7) is 0. The van der Waals surface area contributed by atoms with E-state index in [1.165, 1.54) is 6.26 Å². The number of ketones is 1. The van der Waals surface area contributed by atoms with Gasteiger partial charge in [-0.05, 0) is 30.3 Å². The predicted octanol–water partition coefficient (Wildman–Crippen LogP) is 3.67. The number of hydrogen-bond acceptors (Lipinski definition) is 3. The Labute approximate surface area is 110 Å². The van der Waals surface area contributed by atoms with Crippen LogP contribution < -0.4 is 4.74 Å². The van der Waals surface area contributed by atoms with Crippen molar-refractivity contribution >= 4 is 16.8 Å². The molecule has 3 nitrogen and oxygen atoms in total. The number of hydrogen-bond donors (Lipinski definition) is 0. The molecule has 0 N–H and O–H groups in total. The van der Waals surface area contributed by atoms with Crippen LogP contribution in [0.1, 0.15) is 15.9 Å². The van der Waals surface area contributed by atoms with E-state index in [-0.39, 0.29) is 5.78 Å². The lowest BCUT2D eigenvalue weighted by atomic mass is 10.0. The van der Waals surface area contributed by atoms with Gasteiger partial charge in [0.2, 0.25) is 0 Å². The lowest BCUT2D eigenvalue weighted by Gasteiger charge is -2.01. The molecule has 0 fully saturated rings. The first kappa shape index (κ1) is 11.5. The van der Waals surface area contributed by atoms with Gasteiger partial charge in [0.25, 0.3) is 0 Å². The van der Waals surface area contributed by atoms with Crippen molar-refractivity contribution in [1.82, 2.24) is 0 Å². The van der Waals surface area contributed by atoms with E-state index in [9.17, 15) is 4.79 Å². The van der Waals surface area contributed by atoms with Crippen LogP contribution in [0, 0.1) is 0 Å². The highest BCUT2D eigenvalue weighted by Gasteiger charge is 2.15. The van der Waals surface area contributed by atoms with Gasteiger partial charge in [0.15, 0.2) is 5.78 Å². The van der Waals surface area contributed by atoms with Crippen molar-refractivity contribution in [3.05, 3.63) is 65.9 Å². The molecular weight excluding hydrogens is 240 g/mol. The summed E-state index contributed by atoms with van der Waals surface area (Å²) < 4.78 is 10.5. The van der Waals surface area contributed by atoms with Gasteiger partial charge < -0.3 is 9.15 Å². The van der Waals surface area contributed by atoms with Crippen LogP contribution in [0.15, 0.2) is 59.2 Å². The summed E-state index contributed by atoms with van der Waals surface area (Å²) >= 11 is 0. The van der Waals surface area contributed by atoms with Crippen LogP contribution in [-0.2, 0) is 0 Å². The molecule has 0 aliphatic carbocycles. The molecule has 0 amide bonds. The first-order chi connectivity index (χ1) is 9.29. The second-order valence-electron chi connectivity index (χ2n) is 4.20. The molecule has 0 unspecified atom stereocenters. The molecule has 0 saturated carbocycles. The van der Waals surface area contributed by atoms with Crippen molar-refractivity contribution in [2.45, 2.75) is 0 Å². The van der Waals surface area contributed by atoms with E-state index >= 15 is 0 Å². The maximum atomic E-state index is 12.4. The van der Waals surface area contributed by atoms with Crippen molar-refractivity contribution in [1.29, 1.82) is 0 Å². The van der Waals surface area contributed by atoms with Crippen molar-refractivity contribution in [3.8, 4) is 5.75 Å². The molecule has 0 bridgehead atoms. The quantitative estimate of drug-likeness (QED) is 0.667. The first-order valence-electron chi connectivity index (χ1n) is 5.94. The lowest BCUT2D eigenvalue weighted by molar-refractivity contribution is 0.103. The van der Waals surface area contributed by atoms with Crippen LogP contribution in [0.5, 0.6) is 5.75 Å². The second kappa shape index (κ2) is 4.61. The average Bonchev–Trinajstić information content (AvgIpc) is 2.90. The number of methoxy groups -OCH3 is 1. The highest BCUT2D eigenvalue weighted by Crippen LogP contribution is 2.24. The van der Waals surface area contributed by atoms with Gasteiger partial charge in [0, 0.05) is 10.9 Å². The number of furan rings is 1. The van der Waals surface area contributed by atoms with E-state index in [4.69, 9.17) is 9.15 Å². The highest BCUT2D eigenvalue weighted by atomic mass is 16.5. The minimum atomic E-state index is -0.0485. The molecule has 0 aliphatic heterocycles. The maximum Gasteiger partial charge on any atom is 0.196 e. The van der Waals surface area contributed by atoms with Gasteiger partial charge in [-0.25, -0.2) is 0 Å². The normalized spacial score (nSPS) is 10.6. The van der Waals surface area contributed by atoms with Crippen LogP contribution in [0.3, 0.4) is 0 Å². The fourth-order valence-corrected chi connectivity index (χ4v) is 2.05. The van der Waals surface area contributed by atoms with Crippen LogP contribution >= 0.6 is 0 Å². The Bertz CT molecular complexity index is 723. The molecule has 3 heteroatoms. The van der Waals surface area contributed by atoms with Gasteiger partial charge >= 0.3 is 0 Å². The number of carbonyl (C=O) groups is 1. The third-order valence-electron chi connectivity index (χ3n) is 3.08. The summed E-state index contributed by atoms with van der Waals surface area (Å²) in [7, 11) is 1.60. The molecule has 19 heavy (non-hydrogen) atoms. The summed E-state index contributed by atoms with van der Waals surface area (Å²) in [5.74, 6) is 0.682. The van der Waals surface area contributed by atoms with Gasteiger partial charge in [-0.2, -0.15) is 0 Å². The minimum absolute atomic E-state index is 0.0485. The standard InChI is InChI=1S/C16H12O3/c1-18-12-8-6-11(7-9-12)16(17)14-10-19-15-5-3-2-4-13(14)15/h2-10H,1H3. The molecule has 0 saturated heterocycles. The Hall–Kier alpha value is -2.55. The topological polar surface area (TPSA) is 39.4 Å². The van der Waals surface area contributed by atoms with E-state index in [2.05, 4.69) is 0 Å². The van der Waals surface area contributed by atoms with Crippen molar-refractivity contribution in [3.63, 3.8) is 0 Å². The summed E-state index contributed by atoms with van der Waals surface area (Å²) in [5, 5.41) is 0.836. The zero-order valence-electron chi connectivity index (χ0n) is 10.4. The molecule has 94 valence electrons. The first-order valence-corrected chi connectivity index (χ1v) is 5.94. The molecule has 1 heterocycles. The molecule has 0 spiro atoms. The van der Waals surface area contributed by atoms with E-state index in [0.29, 0.717) is 11.1 Å². The zero-order valence-corrected chi connectivity index (χ0v) is 10.4. The number of para-hydroxylation sites is 1. The Kier molecular flexibility index (Phi) is 2.80. The predicted molar refractivity (Wildman–Crippen MR) is 72.6 cm³/mol. The van der Waals surface area contributed by atoms with Gasteiger partial charge in [0.05, 0.1) is 12.7 Å². The van der Waals surface area contributed by atoms with Gasteiger partial charge in [-0.15, -0.1) is 0 Å². The van der Waals surface area contributed by atoms with E-state index in [1.54, 1.807) is 31.4 Å². The smallest absolute Gasteiger partial charge is 0.196 e. The Morgan fingerprint density at radius 2 is 1.79 bits per heavy atom. The van der Waals surface area contributed by atoms with Crippen molar-refractivity contribution in [2.24, 2.45) is 0 Å². The van der Waals surface area contributed by atoms with Crippen LogP contribution in [0.2, 0.25) is 0 Å². The Balaban J connectivity index is 2.03. The third kappa shape index (κ3) is 1.99. The molecular formula is C16H12O3. The van der Waals surface area contributed by atoms with Crippen molar-refractivity contribution < 1.29 is 13.9 Å². The molecule has 0 atom stereocenters. The number of benzene rings is 2. The van der Waals surface area contributed by atoms with Gasteiger partial charge in [-0.1, -0.05) is 18.2 Å². The zero-order chi connectivity index (χ0) is 13.2. The fraction of sp³-hybridized carbons (Fsp3) is 0.0625. The number of carbonyl (C=O) groups excluding carboxylic acids is 1. The van der Waals surface area contributed by atoms with Crippen LogP contribution in [0.4, 0.5) is 0 Å². The SMILES string of the molecule is COc1ccc(C(=O)c2coc3ccccc23)cc1.